The first-order valence-electron chi connectivity index (χ1n) is 10.5. The molecule has 0 amide bonds. The fourth-order valence-corrected chi connectivity index (χ4v) is 4.70. The zero-order valence-corrected chi connectivity index (χ0v) is 19.3. The van der Waals surface area contributed by atoms with E-state index in [9.17, 15) is 13.5 Å². The summed E-state index contributed by atoms with van der Waals surface area (Å²) in [6.45, 7) is 0.437. The van der Waals surface area contributed by atoms with Crippen LogP contribution in [0.15, 0.2) is 83.9 Å². The molecular weight excluding hydrogens is 436 g/mol. The third-order valence-electron chi connectivity index (χ3n) is 5.16. The van der Waals surface area contributed by atoms with Gasteiger partial charge in [-0.3, -0.25) is 4.72 Å². The highest BCUT2D eigenvalue weighted by Gasteiger charge is 2.18. The van der Waals surface area contributed by atoms with Gasteiger partial charge in [0, 0.05) is 28.7 Å². The van der Waals surface area contributed by atoms with Gasteiger partial charge in [0.1, 0.15) is 0 Å². The Morgan fingerprint density at radius 1 is 0.970 bits per heavy atom. The van der Waals surface area contributed by atoms with Gasteiger partial charge in [-0.1, -0.05) is 48.5 Å². The fraction of sp³-hybridized carbons (Fsp3) is 0.160. The maximum atomic E-state index is 12.3. The van der Waals surface area contributed by atoms with Crippen LogP contribution in [-0.4, -0.2) is 55.5 Å². The van der Waals surface area contributed by atoms with Crippen LogP contribution in [0.3, 0.4) is 0 Å². The summed E-state index contributed by atoms with van der Waals surface area (Å²) in [5.41, 5.74) is 4.01. The maximum absolute atomic E-state index is 12.3. The molecule has 0 aliphatic carbocycles. The number of aromatic hydroxyl groups is 1. The molecule has 0 saturated carbocycles. The standard InChI is InChI=1S/C25H26N4O3S/c1-29(2)16-17-33(31,32)28-20-14-12-19(13-15-20)26-24(18-8-4-3-5-9-18)23-21-10-6-7-11-22(21)27-25(23)30/h3-15,27-28,30H,16-17H2,1-2H3. The van der Waals surface area contributed by atoms with Crippen LogP contribution in [-0.2, 0) is 10.0 Å². The molecular formula is C25H26N4O3S. The molecule has 3 N–H and O–H groups in total. The van der Waals surface area contributed by atoms with E-state index in [0.717, 1.165) is 16.5 Å². The summed E-state index contributed by atoms with van der Waals surface area (Å²) in [4.78, 5) is 9.67. The van der Waals surface area contributed by atoms with E-state index in [1.165, 1.54) is 0 Å². The monoisotopic (exact) mass is 462 g/mol. The van der Waals surface area contributed by atoms with E-state index in [2.05, 4.69) is 9.71 Å². The summed E-state index contributed by atoms with van der Waals surface area (Å²) in [5.74, 6) is 0.0572. The van der Waals surface area contributed by atoms with E-state index < -0.39 is 10.0 Å². The Balaban J connectivity index is 1.70. The van der Waals surface area contributed by atoms with Gasteiger partial charge in [-0.25, -0.2) is 13.4 Å². The Labute approximate surface area is 193 Å². The molecule has 0 aliphatic heterocycles. The zero-order chi connectivity index (χ0) is 23.4. The topological polar surface area (TPSA) is 97.8 Å². The van der Waals surface area contributed by atoms with Crippen molar-refractivity contribution in [3.05, 3.63) is 90.0 Å². The quantitative estimate of drug-likeness (QED) is 0.339. The lowest BCUT2D eigenvalue weighted by atomic mass is 10.0. The predicted molar refractivity (Wildman–Crippen MR) is 134 cm³/mol. The number of hydrogen-bond acceptors (Lipinski definition) is 5. The average molecular weight is 463 g/mol. The number of aromatic nitrogens is 1. The Bertz CT molecular complexity index is 1380. The molecule has 0 radical (unpaired) electrons. The van der Waals surface area contributed by atoms with Crippen molar-refractivity contribution < 1.29 is 13.5 Å². The van der Waals surface area contributed by atoms with E-state index in [0.29, 0.717) is 29.2 Å². The second-order valence-electron chi connectivity index (χ2n) is 7.99. The van der Waals surface area contributed by atoms with Crippen LogP contribution in [0.1, 0.15) is 11.1 Å². The van der Waals surface area contributed by atoms with Gasteiger partial charge in [0.2, 0.25) is 10.0 Å². The van der Waals surface area contributed by atoms with Crippen molar-refractivity contribution in [2.24, 2.45) is 4.99 Å². The highest BCUT2D eigenvalue weighted by atomic mass is 32.2. The van der Waals surface area contributed by atoms with Gasteiger partial charge in [-0.05, 0) is 44.4 Å². The van der Waals surface area contributed by atoms with Crippen molar-refractivity contribution in [1.29, 1.82) is 0 Å². The summed E-state index contributed by atoms with van der Waals surface area (Å²) in [6.07, 6.45) is 0. The molecule has 0 unspecified atom stereocenters. The number of aliphatic imine (C=N–C) groups is 1. The van der Waals surface area contributed by atoms with Crippen LogP contribution in [0.25, 0.3) is 10.9 Å². The van der Waals surface area contributed by atoms with E-state index >= 15 is 0 Å². The molecule has 1 heterocycles. The van der Waals surface area contributed by atoms with Crippen molar-refractivity contribution in [1.82, 2.24) is 9.88 Å². The lowest BCUT2D eigenvalue weighted by Crippen LogP contribution is -2.26. The fourth-order valence-electron chi connectivity index (χ4n) is 3.49. The number of nitrogens with one attached hydrogen (secondary N) is 2. The predicted octanol–water partition coefficient (Wildman–Crippen LogP) is 4.35. The minimum atomic E-state index is -3.44. The van der Waals surface area contributed by atoms with Crippen molar-refractivity contribution in [2.75, 3.05) is 31.1 Å². The minimum absolute atomic E-state index is 0.0118. The maximum Gasteiger partial charge on any atom is 0.233 e. The van der Waals surface area contributed by atoms with E-state index in [4.69, 9.17) is 4.99 Å². The molecule has 3 aromatic carbocycles. The summed E-state index contributed by atoms with van der Waals surface area (Å²) >= 11 is 0. The van der Waals surface area contributed by atoms with Crippen molar-refractivity contribution >= 4 is 38.0 Å². The SMILES string of the molecule is CN(C)CCS(=O)(=O)Nc1ccc(N=C(c2ccccc2)c2c(O)[nH]c3ccccc23)cc1. The average Bonchev–Trinajstić information content (AvgIpc) is 3.13. The number of para-hydroxylation sites is 1. The highest BCUT2D eigenvalue weighted by Crippen LogP contribution is 2.31. The Morgan fingerprint density at radius 2 is 1.64 bits per heavy atom. The largest absolute Gasteiger partial charge is 0.494 e. The Hall–Kier alpha value is -3.62. The zero-order valence-electron chi connectivity index (χ0n) is 18.5. The second-order valence-corrected chi connectivity index (χ2v) is 9.83. The lowest BCUT2D eigenvalue weighted by Gasteiger charge is -2.12. The molecule has 0 bridgehead atoms. The van der Waals surface area contributed by atoms with Gasteiger partial charge in [-0.2, -0.15) is 0 Å². The number of fused-ring (bicyclic) bond motifs is 1. The summed E-state index contributed by atoms with van der Waals surface area (Å²) < 4.78 is 27.1. The molecule has 0 saturated heterocycles. The number of aromatic amines is 1. The number of hydrogen-bond donors (Lipinski definition) is 3. The summed E-state index contributed by atoms with van der Waals surface area (Å²) in [6, 6.07) is 24.2. The Morgan fingerprint density at radius 3 is 2.33 bits per heavy atom. The van der Waals surface area contributed by atoms with Crippen LogP contribution in [0.4, 0.5) is 11.4 Å². The van der Waals surface area contributed by atoms with Crippen molar-refractivity contribution in [3.63, 3.8) is 0 Å². The number of rotatable bonds is 8. The minimum Gasteiger partial charge on any atom is -0.494 e. The number of anilines is 1. The molecule has 0 atom stereocenters. The first-order chi connectivity index (χ1) is 15.8. The van der Waals surface area contributed by atoms with Gasteiger partial charge >= 0.3 is 0 Å². The summed E-state index contributed by atoms with van der Waals surface area (Å²) in [5, 5.41) is 11.6. The third kappa shape index (κ3) is 5.42. The van der Waals surface area contributed by atoms with Crippen LogP contribution in [0.5, 0.6) is 5.88 Å². The molecule has 7 nitrogen and oxygen atoms in total. The molecule has 1 aromatic heterocycles. The molecule has 0 aliphatic rings. The number of nitrogens with zero attached hydrogens (tertiary/aromatic N) is 2. The number of H-pyrrole nitrogens is 1. The second kappa shape index (κ2) is 9.48. The van der Waals surface area contributed by atoms with E-state index in [1.807, 2.05) is 73.6 Å². The highest BCUT2D eigenvalue weighted by molar-refractivity contribution is 7.92. The summed E-state index contributed by atoms with van der Waals surface area (Å²) in [7, 11) is 0.224. The molecule has 33 heavy (non-hydrogen) atoms. The van der Waals surface area contributed by atoms with Gasteiger partial charge in [0.15, 0.2) is 5.88 Å². The van der Waals surface area contributed by atoms with Crippen molar-refractivity contribution in [2.45, 2.75) is 0 Å². The normalized spacial score (nSPS) is 12.4. The van der Waals surface area contributed by atoms with Gasteiger partial charge in [0.25, 0.3) is 0 Å². The Kier molecular flexibility index (Phi) is 6.48. The molecule has 4 aromatic rings. The number of benzene rings is 3. The van der Waals surface area contributed by atoms with Crippen molar-refractivity contribution in [3.8, 4) is 5.88 Å². The van der Waals surface area contributed by atoms with Gasteiger partial charge < -0.3 is 15.0 Å². The first kappa shape index (κ1) is 22.6. The molecule has 170 valence electrons. The van der Waals surface area contributed by atoms with E-state index in [-0.39, 0.29) is 11.6 Å². The smallest absolute Gasteiger partial charge is 0.233 e. The van der Waals surface area contributed by atoms with E-state index in [1.54, 1.807) is 24.3 Å². The third-order valence-corrected chi connectivity index (χ3v) is 6.43. The molecule has 8 heteroatoms. The molecule has 0 spiro atoms. The van der Waals surface area contributed by atoms with Crippen LogP contribution < -0.4 is 4.72 Å². The lowest BCUT2D eigenvalue weighted by molar-refractivity contribution is 0.432. The van der Waals surface area contributed by atoms with Crippen LogP contribution in [0, 0.1) is 0 Å². The van der Waals surface area contributed by atoms with Crippen LogP contribution >= 0.6 is 0 Å². The van der Waals surface area contributed by atoms with Gasteiger partial charge in [-0.15, -0.1) is 0 Å². The molecule has 4 rings (SSSR count). The van der Waals surface area contributed by atoms with Gasteiger partial charge in [0.05, 0.1) is 22.7 Å². The van der Waals surface area contributed by atoms with Crippen LogP contribution in [0.2, 0.25) is 0 Å². The first-order valence-corrected chi connectivity index (χ1v) is 12.2. The molecule has 0 fully saturated rings. The number of sulfonamides is 1.